The number of aryl methyl sites for hydroxylation is 1. The number of rotatable bonds is 4. The van der Waals surface area contributed by atoms with Crippen LogP contribution in [0.1, 0.15) is 56.8 Å². The Labute approximate surface area is 220 Å². The van der Waals surface area contributed by atoms with Crippen molar-refractivity contribution in [2.75, 3.05) is 4.90 Å². The summed E-state index contributed by atoms with van der Waals surface area (Å²) in [5, 5.41) is 12.4. The predicted molar refractivity (Wildman–Crippen MR) is 151 cm³/mol. The maximum absolute atomic E-state index is 13.3. The van der Waals surface area contributed by atoms with Gasteiger partial charge < -0.3 is 20.7 Å². The van der Waals surface area contributed by atoms with Crippen LogP contribution < -0.4 is 10.6 Å². The summed E-state index contributed by atoms with van der Waals surface area (Å²) in [5.41, 5.74) is 14.0. The van der Waals surface area contributed by atoms with E-state index >= 15 is 0 Å². The molecule has 4 aromatic carbocycles. The maximum Gasteiger partial charge on any atom is 0.258 e. The molecule has 0 bridgehead atoms. The van der Waals surface area contributed by atoms with Crippen LogP contribution in [-0.2, 0) is 12.1 Å². The molecule has 1 aliphatic rings. The number of fused-ring (bicyclic) bond motifs is 4. The summed E-state index contributed by atoms with van der Waals surface area (Å²) < 4.78 is 0. The van der Waals surface area contributed by atoms with Gasteiger partial charge in [0.15, 0.2) is 0 Å². The van der Waals surface area contributed by atoms with E-state index in [1.807, 2.05) is 73.3 Å². The van der Waals surface area contributed by atoms with E-state index in [0.717, 1.165) is 60.9 Å². The lowest BCUT2D eigenvalue weighted by molar-refractivity contribution is 0.0787. The summed E-state index contributed by atoms with van der Waals surface area (Å²) in [5.74, 6) is -0.516. The molecule has 0 spiro atoms. The zero-order valence-corrected chi connectivity index (χ0v) is 21.8. The summed E-state index contributed by atoms with van der Waals surface area (Å²) in [6, 6.07) is 21.4. The van der Waals surface area contributed by atoms with Crippen molar-refractivity contribution in [1.82, 2.24) is 4.98 Å². The molecule has 0 unspecified atom stereocenters. The summed E-state index contributed by atoms with van der Waals surface area (Å²) in [7, 11) is 0. The Kier molecular flexibility index (Phi) is 5.23. The van der Waals surface area contributed by atoms with Crippen LogP contribution in [0.25, 0.3) is 32.9 Å². The molecule has 0 atom stereocenters. The lowest BCUT2D eigenvalue weighted by Crippen LogP contribution is -2.24. The molecular weight excluding hydrogens is 474 g/mol. The van der Waals surface area contributed by atoms with Crippen molar-refractivity contribution >= 4 is 39.3 Å². The van der Waals surface area contributed by atoms with Gasteiger partial charge in [-0.05, 0) is 79.8 Å². The molecule has 5 aromatic rings. The first kappa shape index (κ1) is 23.9. The van der Waals surface area contributed by atoms with Crippen molar-refractivity contribution in [1.29, 1.82) is 0 Å². The molecular formula is C32H29N3O3. The largest absolute Gasteiger partial charge is 0.386 e. The average Bonchev–Trinajstić information content (AvgIpc) is 3.40. The van der Waals surface area contributed by atoms with Gasteiger partial charge in [-0.2, -0.15) is 0 Å². The highest BCUT2D eigenvalue weighted by Crippen LogP contribution is 2.41. The molecule has 1 aliphatic heterocycles. The Morgan fingerprint density at radius 2 is 1.74 bits per heavy atom. The summed E-state index contributed by atoms with van der Waals surface area (Å²) in [6.45, 7) is 8.08. The van der Waals surface area contributed by atoms with Crippen molar-refractivity contribution < 1.29 is 14.7 Å². The minimum atomic E-state index is -1.01. The molecule has 0 fully saturated rings. The fourth-order valence-electron chi connectivity index (χ4n) is 5.67. The number of anilines is 1. The molecule has 6 heteroatoms. The molecule has 0 aliphatic carbocycles. The molecule has 6 nitrogen and oxygen atoms in total. The van der Waals surface area contributed by atoms with E-state index in [-0.39, 0.29) is 5.91 Å². The van der Waals surface area contributed by atoms with Crippen LogP contribution >= 0.6 is 0 Å². The fraction of sp³-hybridized carbons (Fsp3) is 0.188. The number of primary amides is 1. The number of nitrogens with zero attached hydrogens (tertiary/aromatic N) is 1. The number of aliphatic hydroxyl groups is 1. The monoisotopic (exact) mass is 503 g/mol. The maximum atomic E-state index is 13.3. The number of nitrogens with one attached hydrogen (secondary N) is 1. The molecule has 2 heterocycles. The van der Waals surface area contributed by atoms with E-state index in [9.17, 15) is 14.7 Å². The highest BCUT2D eigenvalue weighted by molar-refractivity contribution is 6.20. The second-order valence-electron chi connectivity index (χ2n) is 10.7. The van der Waals surface area contributed by atoms with Gasteiger partial charge in [-0.15, -0.1) is 0 Å². The van der Waals surface area contributed by atoms with Gasteiger partial charge in [-0.1, -0.05) is 48.0 Å². The minimum Gasteiger partial charge on any atom is -0.386 e. The van der Waals surface area contributed by atoms with Crippen molar-refractivity contribution in [2.45, 2.75) is 39.8 Å². The molecule has 190 valence electrons. The van der Waals surface area contributed by atoms with Crippen LogP contribution in [0.2, 0.25) is 0 Å². The van der Waals surface area contributed by atoms with Crippen LogP contribution in [-0.4, -0.2) is 21.9 Å². The van der Waals surface area contributed by atoms with Gasteiger partial charge in [0.2, 0.25) is 0 Å². The topological polar surface area (TPSA) is 99.4 Å². The van der Waals surface area contributed by atoms with E-state index in [0.29, 0.717) is 17.6 Å². The fourth-order valence-corrected chi connectivity index (χ4v) is 5.67. The SMILES string of the molecule is Cc1ccc2c(c1)CN(c1cccc(-c3ccc(C(N)=O)c4[nH]c5cc(C(C)(C)O)ccc5c34)c1C)C2=O. The molecule has 0 radical (unpaired) electrons. The van der Waals surface area contributed by atoms with Crippen LogP contribution in [0.3, 0.4) is 0 Å². The van der Waals surface area contributed by atoms with Crippen LogP contribution in [0.4, 0.5) is 5.69 Å². The Balaban J connectivity index is 1.56. The van der Waals surface area contributed by atoms with Gasteiger partial charge in [-0.3, -0.25) is 9.59 Å². The summed E-state index contributed by atoms with van der Waals surface area (Å²) in [6.07, 6.45) is 0. The third kappa shape index (κ3) is 3.60. The molecule has 0 saturated carbocycles. The van der Waals surface area contributed by atoms with Crippen molar-refractivity contribution in [2.24, 2.45) is 5.73 Å². The third-order valence-corrected chi connectivity index (χ3v) is 7.68. The molecule has 0 saturated heterocycles. The highest BCUT2D eigenvalue weighted by Gasteiger charge is 2.30. The van der Waals surface area contributed by atoms with Gasteiger partial charge in [0.1, 0.15) is 0 Å². The molecule has 38 heavy (non-hydrogen) atoms. The number of carbonyl (C=O) groups is 2. The number of H-pyrrole nitrogens is 1. The Bertz CT molecular complexity index is 1810. The summed E-state index contributed by atoms with van der Waals surface area (Å²) in [4.78, 5) is 30.9. The van der Waals surface area contributed by atoms with E-state index in [2.05, 4.69) is 11.1 Å². The van der Waals surface area contributed by atoms with E-state index in [4.69, 9.17) is 5.73 Å². The predicted octanol–water partition coefficient (Wildman–Crippen LogP) is 6.09. The van der Waals surface area contributed by atoms with E-state index in [1.165, 1.54) is 0 Å². The number of hydrogen-bond donors (Lipinski definition) is 3. The van der Waals surface area contributed by atoms with Crippen molar-refractivity contribution in [3.05, 3.63) is 100 Å². The molecule has 1 aromatic heterocycles. The van der Waals surface area contributed by atoms with Crippen LogP contribution in [0.5, 0.6) is 0 Å². The summed E-state index contributed by atoms with van der Waals surface area (Å²) >= 11 is 0. The van der Waals surface area contributed by atoms with Crippen molar-refractivity contribution in [3.8, 4) is 11.1 Å². The van der Waals surface area contributed by atoms with Gasteiger partial charge in [0.05, 0.1) is 23.2 Å². The zero-order chi connectivity index (χ0) is 26.9. The first-order chi connectivity index (χ1) is 18.0. The van der Waals surface area contributed by atoms with Crippen LogP contribution in [0, 0.1) is 13.8 Å². The van der Waals surface area contributed by atoms with E-state index in [1.54, 1.807) is 19.9 Å². The lowest BCUT2D eigenvalue weighted by atomic mass is 9.92. The zero-order valence-electron chi connectivity index (χ0n) is 21.8. The lowest BCUT2D eigenvalue weighted by Gasteiger charge is -2.21. The smallest absolute Gasteiger partial charge is 0.258 e. The second kappa shape index (κ2) is 8.30. The highest BCUT2D eigenvalue weighted by atomic mass is 16.3. The number of carbonyl (C=O) groups excluding carboxylic acids is 2. The van der Waals surface area contributed by atoms with Gasteiger partial charge in [0, 0.05) is 27.5 Å². The molecule has 2 amide bonds. The van der Waals surface area contributed by atoms with E-state index < -0.39 is 11.5 Å². The molecule has 6 rings (SSSR count). The number of aromatic amines is 1. The number of amides is 2. The Morgan fingerprint density at radius 1 is 0.974 bits per heavy atom. The number of hydrogen-bond acceptors (Lipinski definition) is 3. The van der Waals surface area contributed by atoms with Gasteiger partial charge in [0.25, 0.3) is 11.8 Å². The van der Waals surface area contributed by atoms with Gasteiger partial charge in [-0.25, -0.2) is 0 Å². The quantitative estimate of drug-likeness (QED) is 0.277. The second-order valence-corrected chi connectivity index (χ2v) is 10.7. The Hall–Kier alpha value is -4.42. The average molecular weight is 504 g/mol. The standard InChI is InChI=1S/C32H29N3O3/c1-17-8-10-22-19(14-17)16-35(31(22)37)27-7-5-6-21(18(27)2)23-12-13-25(30(33)36)29-28(23)24-11-9-20(32(3,4)38)15-26(24)34-29/h5-15,34,38H,16H2,1-4H3,(H2,33,36). The van der Waals surface area contributed by atoms with Gasteiger partial charge >= 0.3 is 0 Å². The first-order valence-corrected chi connectivity index (χ1v) is 12.7. The third-order valence-electron chi connectivity index (χ3n) is 7.68. The Morgan fingerprint density at radius 3 is 2.47 bits per heavy atom. The number of nitrogens with two attached hydrogens (primary N) is 1. The van der Waals surface area contributed by atoms with Crippen LogP contribution in [0.15, 0.2) is 66.7 Å². The minimum absolute atomic E-state index is 0.000662. The number of benzene rings is 4. The number of aromatic nitrogens is 1. The first-order valence-electron chi connectivity index (χ1n) is 12.7. The normalized spacial score (nSPS) is 13.5. The van der Waals surface area contributed by atoms with Crippen molar-refractivity contribution in [3.63, 3.8) is 0 Å². The molecule has 4 N–H and O–H groups in total.